The predicted octanol–water partition coefficient (Wildman–Crippen LogP) is 5.00. The highest BCUT2D eigenvalue weighted by atomic mass is 35.5. The average Bonchev–Trinajstić information content (AvgIpc) is 3.33. The maximum absolute atomic E-state index is 13.8. The summed E-state index contributed by atoms with van der Waals surface area (Å²) in [6, 6.07) is 10.8. The van der Waals surface area contributed by atoms with Crippen LogP contribution in [0, 0.1) is 5.92 Å². The Hall–Kier alpha value is -2.73. The van der Waals surface area contributed by atoms with Crippen molar-refractivity contribution in [3.8, 4) is 0 Å². The summed E-state index contributed by atoms with van der Waals surface area (Å²) < 4.78 is 7.43. The van der Waals surface area contributed by atoms with E-state index in [2.05, 4.69) is 12.2 Å². The highest BCUT2D eigenvalue weighted by molar-refractivity contribution is 6.30. The lowest BCUT2D eigenvalue weighted by Gasteiger charge is -2.45. The molecule has 3 heterocycles. The Morgan fingerprint density at radius 2 is 1.94 bits per heavy atom. The van der Waals surface area contributed by atoms with E-state index in [4.69, 9.17) is 16.0 Å². The molecule has 1 N–H and O–H groups in total. The molecule has 0 bridgehead atoms. The van der Waals surface area contributed by atoms with E-state index in [0.29, 0.717) is 34.4 Å². The molecular formula is C24H26ClN3O3. The largest absolute Gasteiger partial charge is 0.463 e. The standard InChI is InChI=1S/C24H26ClN3O3/c1-15-5-3-4-6-18(15)26-23(30)24(2)14-27-19-11-12-31-21(19)13-20(27)22(29)28(24)17-9-7-16(25)8-10-17/h7-13,15,18H,3-6,14H2,1-2H3,(H,26,30)/t15-,18+,24-/m1/s1. The molecule has 2 aromatic heterocycles. The van der Waals surface area contributed by atoms with Crippen molar-refractivity contribution >= 4 is 40.2 Å². The Balaban J connectivity index is 1.59. The van der Waals surface area contributed by atoms with Crippen LogP contribution in [0.4, 0.5) is 5.69 Å². The van der Waals surface area contributed by atoms with Crippen molar-refractivity contribution in [3.63, 3.8) is 0 Å². The summed E-state index contributed by atoms with van der Waals surface area (Å²) in [6.07, 6.45) is 6.00. The van der Waals surface area contributed by atoms with Gasteiger partial charge in [-0.05, 0) is 49.9 Å². The summed E-state index contributed by atoms with van der Waals surface area (Å²) in [7, 11) is 0. The molecular weight excluding hydrogens is 414 g/mol. The highest BCUT2D eigenvalue weighted by Crippen LogP contribution is 2.37. The fourth-order valence-corrected chi connectivity index (χ4v) is 5.19. The zero-order valence-electron chi connectivity index (χ0n) is 17.7. The molecule has 7 heteroatoms. The number of benzene rings is 1. The van der Waals surface area contributed by atoms with Crippen LogP contribution in [-0.2, 0) is 11.3 Å². The van der Waals surface area contributed by atoms with E-state index >= 15 is 0 Å². The number of carbonyl (C=O) groups excluding carboxylic acids is 2. The van der Waals surface area contributed by atoms with Gasteiger partial charge in [0.2, 0.25) is 5.91 Å². The normalized spacial score (nSPS) is 26.2. The van der Waals surface area contributed by atoms with E-state index in [1.54, 1.807) is 41.5 Å². The second kappa shape index (κ2) is 7.45. The van der Waals surface area contributed by atoms with Gasteiger partial charge >= 0.3 is 0 Å². The predicted molar refractivity (Wildman–Crippen MR) is 120 cm³/mol. The molecule has 1 aliphatic carbocycles. The summed E-state index contributed by atoms with van der Waals surface area (Å²) in [4.78, 5) is 29.1. The topological polar surface area (TPSA) is 67.5 Å². The third-order valence-corrected chi connectivity index (χ3v) is 7.16. The monoisotopic (exact) mass is 439 g/mol. The number of nitrogens with one attached hydrogen (secondary N) is 1. The molecule has 2 amide bonds. The van der Waals surface area contributed by atoms with E-state index < -0.39 is 5.54 Å². The molecule has 1 aliphatic heterocycles. The summed E-state index contributed by atoms with van der Waals surface area (Å²) in [5.74, 6) is 0.0622. The van der Waals surface area contributed by atoms with Gasteiger partial charge in [-0.15, -0.1) is 0 Å². The van der Waals surface area contributed by atoms with E-state index in [1.807, 2.05) is 17.6 Å². The van der Waals surface area contributed by atoms with Crippen molar-refractivity contribution in [2.75, 3.05) is 4.90 Å². The maximum Gasteiger partial charge on any atom is 0.276 e. The van der Waals surface area contributed by atoms with Crippen LogP contribution >= 0.6 is 11.6 Å². The van der Waals surface area contributed by atoms with Crippen LogP contribution in [0.25, 0.3) is 11.1 Å². The molecule has 3 aromatic rings. The van der Waals surface area contributed by atoms with Gasteiger partial charge in [0.15, 0.2) is 5.58 Å². The highest BCUT2D eigenvalue weighted by Gasteiger charge is 2.49. The Kier molecular flexibility index (Phi) is 4.85. The van der Waals surface area contributed by atoms with Crippen LogP contribution in [0.3, 0.4) is 0 Å². The number of fused-ring (bicyclic) bond motifs is 3. The minimum absolute atomic E-state index is 0.125. The number of aromatic nitrogens is 1. The molecule has 1 saturated carbocycles. The molecule has 1 aromatic carbocycles. The summed E-state index contributed by atoms with van der Waals surface area (Å²) in [5, 5.41) is 3.86. The quantitative estimate of drug-likeness (QED) is 0.624. The summed E-state index contributed by atoms with van der Waals surface area (Å²) >= 11 is 6.09. The second-order valence-electron chi connectivity index (χ2n) is 9.02. The zero-order chi connectivity index (χ0) is 21.8. The second-order valence-corrected chi connectivity index (χ2v) is 9.45. The van der Waals surface area contributed by atoms with Crippen LogP contribution in [-0.4, -0.2) is 28.0 Å². The number of anilines is 1. The number of furan rings is 1. The van der Waals surface area contributed by atoms with Gasteiger partial charge in [-0.3, -0.25) is 14.5 Å². The van der Waals surface area contributed by atoms with Gasteiger partial charge in [0.1, 0.15) is 11.2 Å². The Morgan fingerprint density at radius 3 is 2.68 bits per heavy atom. The molecule has 0 saturated heterocycles. The molecule has 0 unspecified atom stereocenters. The van der Waals surface area contributed by atoms with Gasteiger partial charge in [-0.25, -0.2) is 0 Å². The number of nitrogens with zero attached hydrogens (tertiary/aromatic N) is 2. The van der Waals surface area contributed by atoms with Gasteiger partial charge in [-0.1, -0.05) is 31.4 Å². The first-order chi connectivity index (χ1) is 14.9. The van der Waals surface area contributed by atoms with Crippen molar-refractivity contribution in [1.29, 1.82) is 0 Å². The van der Waals surface area contributed by atoms with Gasteiger partial charge < -0.3 is 14.3 Å². The lowest BCUT2D eigenvalue weighted by molar-refractivity contribution is -0.127. The van der Waals surface area contributed by atoms with E-state index in [-0.39, 0.29) is 17.9 Å². The number of halogens is 1. The lowest BCUT2D eigenvalue weighted by Crippen LogP contribution is -2.65. The lowest BCUT2D eigenvalue weighted by atomic mass is 9.85. The van der Waals surface area contributed by atoms with E-state index in [9.17, 15) is 9.59 Å². The van der Waals surface area contributed by atoms with Crippen molar-refractivity contribution in [1.82, 2.24) is 9.88 Å². The molecule has 162 valence electrons. The molecule has 0 spiro atoms. The van der Waals surface area contributed by atoms with Gasteiger partial charge in [0.25, 0.3) is 5.91 Å². The van der Waals surface area contributed by atoms with Crippen LogP contribution in [0.1, 0.15) is 50.0 Å². The molecule has 0 radical (unpaired) electrons. The van der Waals surface area contributed by atoms with Crippen LogP contribution < -0.4 is 10.2 Å². The third kappa shape index (κ3) is 3.24. The number of hydrogen-bond donors (Lipinski definition) is 1. The number of rotatable bonds is 3. The molecule has 3 atom stereocenters. The van der Waals surface area contributed by atoms with Crippen LogP contribution in [0.2, 0.25) is 5.02 Å². The minimum atomic E-state index is -1.10. The zero-order valence-corrected chi connectivity index (χ0v) is 18.5. The third-order valence-electron chi connectivity index (χ3n) is 6.91. The smallest absolute Gasteiger partial charge is 0.276 e. The maximum atomic E-state index is 13.8. The van der Waals surface area contributed by atoms with Gasteiger partial charge in [0.05, 0.1) is 18.3 Å². The summed E-state index contributed by atoms with van der Waals surface area (Å²) in [6.45, 7) is 4.37. The molecule has 6 nitrogen and oxygen atoms in total. The molecule has 1 fully saturated rings. The van der Waals surface area contributed by atoms with Gasteiger partial charge in [0, 0.05) is 28.9 Å². The van der Waals surface area contributed by atoms with Crippen LogP contribution in [0.5, 0.6) is 0 Å². The van der Waals surface area contributed by atoms with Crippen LogP contribution in [0.15, 0.2) is 47.1 Å². The Labute approximate surface area is 186 Å². The average molecular weight is 440 g/mol. The Morgan fingerprint density at radius 1 is 1.19 bits per heavy atom. The van der Waals surface area contributed by atoms with Crippen molar-refractivity contribution < 1.29 is 14.0 Å². The number of carbonyl (C=O) groups is 2. The fraction of sp³-hybridized carbons (Fsp3) is 0.417. The first kappa shape index (κ1) is 20.2. The fourth-order valence-electron chi connectivity index (χ4n) is 5.06. The number of amides is 2. The van der Waals surface area contributed by atoms with E-state index in [0.717, 1.165) is 24.8 Å². The van der Waals surface area contributed by atoms with Crippen molar-refractivity contribution in [3.05, 3.63) is 53.4 Å². The van der Waals surface area contributed by atoms with Crippen molar-refractivity contribution in [2.45, 2.75) is 57.7 Å². The SMILES string of the molecule is C[C@@H]1CCCC[C@@H]1NC(=O)[C@@]1(C)Cn2c(cc3occc32)C(=O)N1c1ccc(Cl)cc1. The first-order valence-electron chi connectivity index (χ1n) is 10.9. The molecule has 5 rings (SSSR count). The Bertz CT molecular complexity index is 1150. The number of hydrogen-bond acceptors (Lipinski definition) is 3. The van der Waals surface area contributed by atoms with E-state index in [1.165, 1.54) is 6.42 Å². The van der Waals surface area contributed by atoms with Crippen molar-refractivity contribution in [2.24, 2.45) is 5.92 Å². The molecule has 31 heavy (non-hydrogen) atoms. The van der Waals surface area contributed by atoms with Gasteiger partial charge in [-0.2, -0.15) is 0 Å². The summed E-state index contributed by atoms with van der Waals surface area (Å²) in [5.41, 5.74) is 1.53. The minimum Gasteiger partial charge on any atom is -0.463 e. The first-order valence-corrected chi connectivity index (χ1v) is 11.2. The molecule has 2 aliphatic rings.